The molecule has 0 saturated carbocycles. The number of anilines is 1. The third-order valence-electron chi connectivity index (χ3n) is 5.24. The fraction of sp³-hybridized carbons (Fsp3) is 0.333. The first-order valence-corrected chi connectivity index (χ1v) is 10.2. The fourth-order valence-electron chi connectivity index (χ4n) is 3.70. The van der Waals surface area contributed by atoms with Crippen LogP contribution in [0.2, 0.25) is 0 Å². The number of carbonyl (C=O) groups is 2. The number of nitrogens with one attached hydrogen (secondary N) is 1. The van der Waals surface area contributed by atoms with Crippen LogP contribution >= 0.6 is 0 Å². The van der Waals surface area contributed by atoms with E-state index < -0.39 is 18.0 Å². The van der Waals surface area contributed by atoms with E-state index in [0.29, 0.717) is 23.3 Å². The van der Waals surface area contributed by atoms with Gasteiger partial charge in [-0.2, -0.15) is 0 Å². The molecule has 0 unspecified atom stereocenters. The summed E-state index contributed by atoms with van der Waals surface area (Å²) in [6.45, 7) is 11.4. The Labute approximate surface area is 181 Å². The van der Waals surface area contributed by atoms with Gasteiger partial charge in [-0.1, -0.05) is 17.7 Å². The topological polar surface area (TPSA) is 90.3 Å². The first kappa shape index (κ1) is 22.2. The number of benzene rings is 2. The summed E-state index contributed by atoms with van der Waals surface area (Å²) in [6.07, 6.45) is -0.984. The largest absolute Gasteiger partial charge is 0.449 e. The second-order valence-corrected chi connectivity index (χ2v) is 7.76. The zero-order chi connectivity index (χ0) is 22.9. The Hall–Kier alpha value is -3.48. The van der Waals surface area contributed by atoms with Crippen molar-refractivity contribution in [2.24, 2.45) is 0 Å². The number of ether oxygens (including phenoxy) is 1. The van der Waals surface area contributed by atoms with E-state index in [1.165, 1.54) is 6.92 Å². The lowest BCUT2D eigenvalue weighted by Crippen LogP contribution is -2.30. The van der Waals surface area contributed by atoms with Gasteiger partial charge in [-0.05, 0) is 70.9 Å². The number of carbonyl (C=O) groups excluding carboxylic acids is 2. The van der Waals surface area contributed by atoms with Crippen LogP contribution in [-0.4, -0.2) is 27.5 Å². The number of aromatic nitrogens is 2. The van der Waals surface area contributed by atoms with Gasteiger partial charge in [0.25, 0.3) is 11.5 Å². The summed E-state index contributed by atoms with van der Waals surface area (Å²) in [4.78, 5) is 41.8. The van der Waals surface area contributed by atoms with Crippen LogP contribution in [0.1, 0.15) is 46.6 Å². The van der Waals surface area contributed by atoms with E-state index in [4.69, 9.17) is 4.74 Å². The average molecular weight is 421 g/mol. The van der Waals surface area contributed by atoms with Gasteiger partial charge < -0.3 is 14.6 Å². The summed E-state index contributed by atoms with van der Waals surface area (Å²) in [5.74, 6) is -1.03. The van der Waals surface area contributed by atoms with Gasteiger partial charge in [-0.3, -0.25) is 9.59 Å². The van der Waals surface area contributed by atoms with Crippen LogP contribution in [0, 0.1) is 27.7 Å². The molecule has 2 aromatic carbocycles. The Bertz CT molecular complexity index is 1220. The van der Waals surface area contributed by atoms with Gasteiger partial charge in [-0.25, -0.2) is 9.78 Å². The highest BCUT2D eigenvalue weighted by molar-refractivity contribution is 5.99. The summed E-state index contributed by atoms with van der Waals surface area (Å²) in [5, 5.41) is 2.85. The van der Waals surface area contributed by atoms with Crippen molar-refractivity contribution < 1.29 is 14.3 Å². The Kier molecular flexibility index (Phi) is 6.24. The molecule has 7 nitrogen and oxygen atoms in total. The van der Waals surface area contributed by atoms with Gasteiger partial charge in [0, 0.05) is 12.2 Å². The molecular formula is C24H27N3O4. The number of amides is 1. The number of hydrogen-bond acceptors (Lipinski definition) is 5. The molecule has 0 bridgehead atoms. The van der Waals surface area contributed by atoms with Crippen molar-refractivity contribution in [1.29, 1.82) is 0 Å². The molecule has 1 N–H and O–H groups in total. The summed E-state index contributed by atoms with van der Waals surface area (Å²) >= 11 is 0. The third-order valence-corrected chi connectivity index (χ3v) is 5.24. The number of nitrogens with zero attached hydrogens (tertiary/aromatic N) is 2. The smallest absolute Gasteiger partial charge is 0.338 e. The summed E-state index contributed by atoms with van der Waals surface area (Å²) in [5.41, 5.74) is 5.37. The van der Waals surface area contributed by atoms with Crippen LogP contribution in [0.4, 0.5) is 5.69 Å². The molecule has 0 aliphatic rings. The maximum absolute atomic E-state index is 12.6. The van der Waals surface area contributed by atoms with Crippen molar-refractivity contribution in [3.05, 3.63) is 68.6 Å². The minimum absolute atomic E-state index is 0.155. The first-order chi connectivity index (χ1) is 14.6. The molecule has 0 spiro atoms. The maximum Gasteiger partial charge on any atom is 0.338 e. The number of rotatable bonds is 5. The Morgan fingerprint density at radius 1 is 1.10 bits per heavy atom. The number of aryl methyl sites for hydroxylation is 5. The van der Waals surface area contributed by atoms with Gasteiger partial charge in [0.1, 0.15) is 5.69 Å². The highest BCUT2D eigenvalue weighted by atomic mass is 16.5. The molecule has 31 heavy (non-hydrogen) atoms. The molecule has 0 aliphatic heterocycles. The first-order valence-electron chi connectivity index (χ1n) is 10.2. The molecule has 3 rings (SSSR count). The van der Waals surface area contributed by atoms with Gasteiger partial charge in [-0.15, -0.1) is 0 Å². The summed E-state index contributed by atoms with van der Waals surface area (Å²) in [7, 11) is 0. The lowest BCUT2D eigenvalue weighted by molar-refractivity contribution is -0.123. The zero-order valence-electron chi connectivity index (χ0n) is 18.7. The molecule has 1 aromatic heterocycles. The SMILES string of the molecule is CCn1c(=O)c(C)nc2cc(C(=O)O[C@H](C)C(=O)Nc3c(C)cc(C)cc3C)ccc21. The fourth-order valence-corrected chi connectivity index (χ4v) is 3.70. The maximum atomic E-state index is 12.6. The predicted molar refractivity (Wildman–Crippen MR) is 121 cm³/mol. The monoisotopic (exact) mass is 421 g/mol. The van der Waals surface area contributed by atoms with Crippen LogP contribution in [0.25, 0.3) is 11.0 Å². The minimum Gasteiger partial charge on any atom is -0.449 e. The molecule has 1 atom stereocenters. The lowest BCUT2D eigenvalue weighted by atomic mass is 10.0. The highest BCUT2D eigenvalue weighted by Gasteiger charge is 2.21. The molecule has 0 radical (unpaired) electrons. The van der Waals surface area contributed by atoms with E-state index in [0.717, 1.165) is 22.4 Å². The number of fused-ring (bicyclic) bond motifs is 1. The average Bonchev–Trinajstić information content (AvgIpc) is 2.71. The van der Waals surface area contributed by atoms with Gasteiger partial charge in [0.2, 0.25) is 0 Å². The number of esters is 1. The van der Waals surface area contributed by atoms with Gasteiger partial charge in [0.05, 0.1) is 16.6 Å². The molecule has 162 valence electrons. The van der Waals surface area contributed by atoms with Crippen LogP contribution in [-0.2, 0) is 16.1 Å². The van der Waals surface area contributed by atoms with E-state index in [1.54, 1.807) is 29.7 Å². The summed E-state index contributed by atoms with van der Waals surface area (Å²) < 4.78 is 6.99. The molecule has 1 amide bonds. The van der Waals surface area contributed by atoms with Crippen LogP contribution in [0.3, 0.4) is 0 Å². The molecule has 7 heteroatoms. The Morgan fingerprint density at radius 2 is 1.74 bits per heavy atom. The van der Waals surface area contributed by atoms with E-state index in [9.17, 15) is 14.4 Å². The minimum atomic E-state index is -0.984. The summed E-state index contributed by atoms with van der Waals surface area (Å²) in [6, 6.07) is 8.80. The van der Waals surface area contributed by atoms with Crippen molar-refractivity contribution in [3.8, 4) is 0 Å². The van der Waals surface area contributed by atoms with Crippen molar-refractivity contribution >= 4 is 28.6 Å². The molecule has 3 aromatic rings. The number of hydrogen-bond donors (Lipinski definition) is 1. The van der Waals surface area contributed by atoms with Crippen molar-refractivity contribution in [3.63, 3.8) is 0 Å². The molecule has 0 aliphatic carbocycles. The molecule has 0 saturated heterocycles. The Balaban J connectivity index is 1.79. The van der Waals surface area contributed by atoms with Crippen molar-refractivity contribution in [2.45, 2.75) is 54.2 Å². The highest BCUT2D eigenvalue weighted by Crippen LogP contribution is 2.22. The van der Waals surface area contributed by atoms with E-state index >= 15 is 0 Å². The Morgan fingerprint density at radius 3 is 2.35 bits per heavy atom. The quantitative estimate of drug-likeness (QED) is 0.632. The normalized spacial score (nSPS) is 11.9. The second kappa shape index (κ2) is 8.71. The third kappa shape index (κ3) is 4.50. The van der Waals surface area contributed by atoms with Crippen molar-refractivity contribution in [1.82, 2.24) is 9.55 Å². The molecule has 0 fully saturated rings. The molecule has 1 heterocycles. The van der Waals surface area contributed by atoms with E-state index in [1.807, 2.05) is 39.8 Å². The van der Waals surface area contributed by atoms with Crippen LogP contribution in [0.15, 0.2) is 35.1 Å². The lowest BCUT2D eigenvalue weighted by Gasteiger charge is -2.17. The molecular weight excluding hydrogens is 394 g/mol. The standard InChI is InChI=1S/C24H27N3O4/c1-7-27-20-9-8-18(12-19(20)25-16(5)23(27)29)24(30)31-17(6)22(28)26-21-14(3)10-13(2)11-15(21)4/h8-12,17H,7H2,1-6H3,(H,26,28)/t17-/m1/s1. The van der Waals surface area contributed by atoms with Crippen LogP contribution < -0.4 is 10.9 Å². The second-order valence-electron chi connectivity index (χ2n) is 7.76. The van der Waals surface area contributed by atoms with E-state index in [2.05, 4.69) is 10.3 Å². The zero-order valence-corrected chi connectivity index (χ0v) is 18.7. The van der Waals surface area contributed by atoms with Crippen molar-refractivity contribution in [2.75, 3.05) is 5.32 Å². The predicted octanol–water partition coefficient (Wildman–Crippen LogP) is 3.83. The van der Waals surface area contributed by atoms with Gasteiger partial charge >= 0.3 is 5.97 Å². The van der Waals surface area contributed by atoms with E-state index in [-0.39, 0.29) is 11.1 Å². The van der Waals surface area contributed by atoms with Crippen LogP contribution in [0.5, 0.6) is 0 Å². The van der Waals surface area contributed by atoms with Gasteiger partial charge in [0.15, 0.2) is 6.10 Å².